The molecule has 0 aromatic carbocycles. The monoisotopic (exact) mass is 177 g/mol. The molecule has 0 saturated heterocycles. The van der Waals surface area contributed by atoms with E-state index in [-0.39, 0.29) is 0 Å². The van der Waals surface area contributed by atoms with Crippen molar-refractivity contribution >= 4 is 5.97 Å². The van der Waals surface area contributed by atoms with Crippen LogP contribution < -0.4 is 0 Å². The Morgan fingerprint density at radius 1 is 1.54 bits per heavy atom. The van der Waals surface area contributed by atoms with Crippen molar-refractivity contribution in [2.45, 2.75) is 12.3 Å². The number of nitrogens with zero attached hydrogens (tertiary/aromatic N) is 2. The summed E-state index contributed by atoms with van der Waals surface area (Å²) in [5.41, 5.74) is 0.395. The molecule has 1 saturated carbocycles. The fourth-order valence-corrected chi connectivity index (χ4v) is 1.03. The van der Waals surface area contributed by atoms with Crippen LogP contribution in [0.25, 0.3) is 0 Å². The van der Waals surface area contributed by atoms with Gasteiger partial charge in [0.25, 0.3) is 0 Å². The van der Waals surface area contributed by atoms with Gasteiger partial charge in [-0.2, -0.15) is 0 Å². The molecule has 0 N–H and O–H groups in total. The molecule has 1 heterocycles. The summed E-state index contributed by atoms with van der Waals surface area (Å²) in [6, 6.07) is 0. The zero-order valence-electron chi connectivity index (χ0n) is 7.23. The van der Waals surface area contributed by atoms with E-state index in [1.54, 1.807) is 0 Å². The van der Waals surface area contributed by atoms with Crippen molar-refractivity contribution in [1.29, 1.82) is 0 Å². The summed E-state index contributed by atoms with van der Waals surface area (Å²) >= 11 is 0. The molecule has 1 aromatic rings. The highest BCUT2D eigenvalue weighted by Gasteiger charge is 2.26. The van der Waals surface area contributed by atoms with E-state index in [2.05, 4.69) is 21.1 Å². The average Bonchev–Trinajstić information content (AvgIpc) is 3.00. The largest absolute Gasteiger partial charge is 0.465 e. The summed E-state index contributed by atoms with van der Waals surface area (Å²) in [6.45, 7) is 0. The Hall–Kier alpha value is -1.45. The zero-order valence-corrected chi connectivity index (χ0v) is 7.23. The summed E-state index contributed by atoms with van der Waals surface area (Å²) in [6.07, 6.45) is 6.16. The van der Waals surface area contributed by atoms with E-state index < -0.39 is 5.97 Å². The minimum Gasteiger partial charge on any atom is -0.465 e. The molecule has 4 nitrogen and oxygen atoms in total. The number of carbonyl (C=O) groups is 1. The molecular weight excluding hydrogens is 168 g/mol. The number of rotatable bonds is 2. The molecule has 0 aliphatic heterocycles. The van der Waals surface area contributed by atoms with Gasteiger partial charge in [-0.25, -0.2) is 14.8 Å². The molecule has 13 heavy (non-hydrogen) atoms. The van der Waals surface area contributed by atoms with Crippen LogP contribution in [0, 0.1) is 6.42 Å². The zero-order chi connectivity index (χ0) is 9.26. The van der Waals surface area contributed by atoms with Gasteiger partial charge in [-0.15, -0.1) is 0 Å². The minimum atomic E-state index is -0.397. The van der Waals surface area contributed by atoms with E-state index in [0.29, 0.717) is 11.5 Å². The molecule has 4 heteroatoms. The van der Waals surface area contributed by atoms with E-state index in [4.69, 9.17) is 0 Å². The maximum atomic E-state index is 11.0. The van der Waals surface area contributed by atoms with Gasteiger partial charge in [0.05, 0.1) is 12.7 Å². The second kappa shape index (κ2) is 3.12. The lowest BCUT2D eigenvalue weighted by molar-refractivity contribution is 0.0599. The van der Waals surface area contributed by atoms with Crippen molar-refractivity contribution in [2.24, 2.45) is 0 Å². The fraction of sp³-hybridized carbons (Fsp3) is 0.333. The maximum Gasteiger partial charge on any atom is 0.341 e. The highest BCUT2D eigenvalue weighted by Crippen LogP contribution is 2.36. The number of ether oxygens (including phenoxy) is 1. The van der Waals surface area contributed by atoms with Gasteiger partial charge in [0, 0.05) is 18.3 Å². The van der Waals surface area contributed by atoms with Gasteiger partial charge in [-0.1, -0.05) is 0 Å². The lowest BCUT2D eigenvalue weighted by Gasteiger charge is -1.98. The Morgan fingerprint density at radius 3 is 2.62 bits per heavy atom. The minimum absolute atomic E-state index is 0.395. The lowest BCUT2D eigenvalue weighted by Crippen LogP contribution is -2.04. The van der Waals surface area contributed by atoms with Crippen molar-refractivity contribution in [3.8, 4) is 0 Å². The first-order chi connectivity index (χ1) is 6.31. The van der Waals surface area contributed by atoms with Crippen molar-refractivity contribution in [3.63, 3.8) is 0 Å². The third kappa shape index (κ3) is 1.66. The van der Waals surface area contributed by atoms with Crippen LogP contribution in [-0.2, 0) is 4.74 Å². The van der Waals surface area contributed by atoms with Gasteiger partial charge < -0.3 is 4.74 Å². The average molecular weight is 177 g/mol. The van der Waals surface area contributed by atoms with Gasteiger partial charge >= 0.3 is 5.97 Å². The Labute approximate surface area is 76.0 Å². The Morgan fingerprint density at radius 2 is 2.15 bits per heavy atom. The van der Waals surface area contributed by atoms with Crippen LogP contribution >= 0.6 is 0 Å². The molecule has 2 rings (SSSR count). The number of hydrogen-bond acceptors (Lipinski definition) is 4. The second-order valence-electron chi connectivity index (χ2n) is 2.90. The van der Waals surface area contributed by atoms with Gasteiger partial charge in [0.1, 0.15) is 5.82 Å². The fourth-order valence-electron chi connectivity index (χ4n) is 1.03. The number of hydrogen-bond donors (Lipinski definition) is 0. The number of esters is 1. The van der Waals surface area contributed by atoms with E-state index in [1.165, 1.54) is 19.5 Å². The van der Waals surface area contributed by atoms with Crippen LogP contribution in [0.4, 0.5) is 0 Å². The molecule has 1 aliphatic rings. The number of carbonyl (C=O) groups excluding carboxylic acids is 1. The second-order valence-corrected chi connectivity index (χ2v) is 2.90. The molecule has 1 unspecified atom stereocenters. The summed E-state index contributed by atoms with van der Waals surface area (Å²) in [4.78, 5) is 19.1. The van der Waals surface area contributed by atoms with Gasteiger partial charge in [-0.3, -0.25) is 0 Å². The van der Waals surface area contributed by atoms with E-state index in [1.807, 2.05) is 0 Å². The van der Waals surface area contributed by atoms with E-state index in [9.17, 15) is 4.79 Å². The van der Waals surface area contributed by atoms with E-state index >= 15 is 0 Å². The molecule has 1 aliphatic carbocycles. The lowest BCUT2D eigenvalue weighted by atomic mass is 10.3. The predicted molar refractivity (Wildman–Crippen MR) is 45.0 cm³/mol. The summed E-state index contributed by atoms with van der Waals surface area (Å²) in [5.74, 6) is 0.783. The molecule has 67 valence electrons. The quantitative estimate of drug-likeness (QED) is 0.631. The van der Waals surface area contributed by atoms with Crippen molar-refractivity contribution < 1.29 is 9.53 Å². The van der Waals surface area contributed by atoms with Crippen LogP contribution in [0.5, 0.6) is 0 Å². The number of aromatic nitrogens is 2. The normalized spacial score (nSPS) is 15.5. The first kappa shape index (κ1) is 8.16. The highest BCUT2D eigenvalue weighted by molar-refractivity contribution is 5.88. The Bertz CT molecular complexity index is 317. The van der Waals surface area contributed by atoms with Crippen LogP contribution in [0.2, 0.25) is 0 Å². The molecule has 1 atom stereocenters. The maximum absolute atomic E-state index is 11.0. The summed E-state index contributed by atoms with van der Waals surface area (Å²) < 4.78 is 4.53. The van der Waals surface area contributed by atoms with Crippen molar-refractivity contribution in [2.75, 3.05) is 7.11 Å². The summed E-state index contributed by atoms with van der Waals surface area (Å²) in [7, 11) is 1.34. The third-order valence-corrected chi connectivity index (χ3v) is 1.90. The number of methoxy groups -OCH3 is 1. The van der Waals surface area contributed by atoms with Gasteiger partial charge in [0.15, 0.2) is 0 Å². The predicted octanol–water partition coefficient (Wildman–Crippen LogP) is 0.955. The molecule has 0 spiro atoms. The van der Waals surface area contributed by atoms with E-state index in [0.717, 1.165) is 12.2 Å². The Balaban J connectivity index is 2.17. The Kier molecular flexibility index (Phi) is 1.96. The molecule has 0 amide bonds. The third-order valence-electron chi connectivity index (χ3n) is 1.90. The first-order valence-electron chi connectivity index (χ1n) is 4.05. The molecule has 1 radical (unpaired) electrons. The van der Waals surface area contributed by atoms with Crippen LogP contribution in [0.3, 0.4) is 0 Å². The molecule has 0 bridgehead atoms. The van der Waals surface area contributed by atoms with Crippen LogP contribution in [-0.4, -0.2) is 23.0 Å². The van der Waals surface area contributed by atoms with Crippen LogP contribution in [0.1, 0.15) is 28.5 Å². The highest BCUT2D eigenvalue weighted by atomic mass is 16.5. The SMILES string of the molecule is COC(=O)c1cnc(C2[CH]C2)nc1. The molecule has 1 aromatic heterocycles. The molecular formula is C9H9N2O2. The standard InChI is InChI=1S/C9H9N2O2/c1-13-9(12)7-4-10-8(11-5-7)6-2-3-6/h2,4-6H,3H2,1H3. The van der Waals surface area contributed by atoms with Gasteiger partial charge in [-0.05, 0) is 12.8 Å². The first-order valence-corrected chi connectivity index (χ1v) is 4.05. The van der Waals surface area contributed by atoms with Gasteiger partial charge in [0.2, 0.25) is 0 Å². The van der Waals surface area contributed by atoms with Crippen LogP contribution in [0.15, 0.2) is 12.4 Å². The topological polar surface area (TPSA) is 52.1 Å². The molecule has 1 fully saturated rings. The summed E-state index contributed by atoms with van der Waals surface area (Å²) in [5, 5.41) is 0. The van der Waals surface area contributed by atoms with Crippen molar-refractivity contribution in [1.82, 2.24) is 9.97 Å². The smallest absolute Gasteiger partial charge is 0.341 e. The van der Waals surface area contributed by atoms with Crippen molar-refractivity contribution in [3.05, 3.63) is 30.2 Å².